The van der Waals surface area contributed by atoms with Gasteiger partial charge < -0.3 is 4.42 Å². The minimum Gasteiger partial charge on any atom is -0.459 e. The van der Waals surface area contributed by atoms with Gasteiger partial charge in [-0.3, -0.25) is 5.84 Å². The minimum absolute atomic E-state index is 0.00741. The fourth-order valence-corrected chi connectivity index (χ4v) is 2.82. The van der Waals surface area contributed by atoms with Gasteiger partial charge >= 0.3 is 0 Å². The quantitative estimate of drug-likeness (QED) is 0.499. The Labute approximate surface area is 113 Å². The number of nitrogens with two attached hydrogens (primary N) is 1. The van der Waals surface area contributed by atoms with Crippen LogP contribution in [0.2, 0.25) is 0 Å². The SMILES string of the molecule is Cc1ccc2oc(C(NN)C3=CCCCC3)cc2c1. The van der Waals surface area contributed by atoms with Gasteiger partial charge in [0, 0.05) is 5.39 Å². The van der Waals surface area contributed by atoms with Crippen LogP contribution in [0.1, 0.15) is 43.0 Å². The van der Waals surface area contributed by atoms with Crippen LogP contribution in [-0.2, 0) is 0 Å². The average molecular weight is 256 g/mol. The topological polar surface area (TPSA) is 51.2 Å². The molecule has 1 aliphatic rings. The number of nitrogens with one attached hydrogen (secondary N) is 1. The van der Waals surface area contributed by atoms with Gasteiger partial charge in [-0.2, -0.15) is 0 Å². The van der Waals surface area contributed by atoms with E-state index in [9.17, 15) is 0 Å². The van der Waals surface area contributed by atoms with Gasteiger partial charge in [0.25, 0.3) is 0 Å². The number of allylic oxidation sites excluding steroid dienone is 1. The number of fused-ring (bicyclic) bond motifs is 1. The molecule has 19 heavy (non-hydrogen) atoms. The van der Waals surface area contributed by atoms with Gasteiger partial charge in [-0.05, 0) is 56.4 Å². The Balaban J connectivity index is 1.98. The molecular formula is C16H20N2O. The highest BCUT2D eigenvalue weighted by atomic mass is 16.3. The second kappa shape index (κ2) is 5.19. The number of hydrogen-bond donors (Lipinski definition) is 2. The smallest absolute Gasteiger partial charge is 0.134 e. The Morgan fingerprint density at radius 1 is 1.26 bits per heavy atom. The van der Waals surface area contributed by atoms with E-state index in [1.165, 1.54) is 24.0 Å². The standard InChI is InChI=1S/C16H20N2O/c1-11-7-8-14-13(9-11)10-15(19-14)16(18-17)12-5-3-2-4-6-12/h5,7-10,16,18H,2-4,6,17H2,1H3. The maximum absolute atomic E-state index is 5.95. The summed E-state index contributed by atoms with van der Waals surface area (Å²) in [4.78, 5) is 0. The van der Waals surface area contributed by atoms with Crippen molar-refractivity contribution >= 4 is 11.0 Å². The van der Waals surface area contributed by atoms with Crippen molar-refractivity contribution in [3.8, 4) is 0 Å². The number of benzene rings is 1. The first-order valence-corrected chi connectivity index (χ1v) is 6.93. The molecule has 1 aromatic carbocycles. The van der Waals surface area contributed by atoms with Gasteiger partial charge in [0.15, 0.2) is 0 Å². The number of rotatable bonds is 3. The summed E-state index contributed by atoms with van der Waals surface area (Å²) < 4.78 is 5.95. The predicted molar refractivity (Wildman–Crippen MR) is 77.6 cm³/mol. The summed E-state index contributed by atoms with van der Waals surface area (Å²) in [6.07, 6.45) is 7.06. The molecule has 3 nitrogen and oxygen atoms in total. The highest BCUT2D eigenvalue weighted by Crippen LogP contribution is 2.32. The molecule has 3 N–H and O–H groups in total. The summed E-state index contributed by atoms with van der Waals surface area (Å²) in [5.74, 6) is 6.65. The van der Waals surface area contributed by atoms with E-state index in [2.05, 4.69) is 36.6 Å². The number of furan rings is 1. The second-order valence-electron chi connectivity index (χ2n) is 5.31. The van der Waals surface area contributed by atoms with E-state index in [1.807, 2.05) is 6.07 Å². The van der Waals surface area contributed by atoms with Crippen molar-refractivity contribution < 1.29 is 4.42 Å². The molecule has 0 radical (unpaired) electrons. The molecule has 0 aliphatic heterocycles. The van der Waals surface area contributed by atoms with E-state index in [0.29, 0.717) is 0 Å². The molecule has 0 spiro atoms. The van der Waals surface area contributed by atoms with Crippen molar-refractivity contribution in [2.24, 2.45) is 5.84 Å². The largest absolute Gasteiger partial charge is 0.459 e. The fourth-order valence-electron chi connectivity index (χ4n) is 2.82. The van der Waals surface area contributed by atoms with Crippen LogP contribution < -0.4 is 11.3 Å². The summed E-state index contributed by atoms with van der Waals surface area (Å²) in [5.41, 5.74) is 6.43. The Kier molecular flexibility index (Phi) is 3.40. The molecule has 1 heterocycles. The molecule has 1 aliphatic carbocycles. The van der Waals surface area contributed by atoms with E-state index in [0.717, 1.165) is 29.6 Å². The van der Waals surface area contributed by atoms with Gasteiger partial charge in [-0.1, -0.05) is 17.7 Å². The Bertz CT molecular complexity index is 612. The highest BCUT2D eigenvalue weighted by Gasteiger charge is 2.20. The van der Waals surface area contributed by atoms with Crippen molar-refractivity contribution in [1.29, 1.82) is 0 Å². The first kappa shape index (κ1) is 12.5. The van der Waals surface area contributed by atoms with Crippen molar-refractivity contribution in [3.05, 3.63) is 47.2 Å². The van der Waals surface area contributed by atoms with Gasteiger partial charge in [-0.25, -0.2) is 5.43 Å². The normalized spacial score (nSPS) is 17.5. The van der Waals surface area contributed by atoms with Crippen LogP contribution in [0.5, 0.6) is 0 Å². The van der Waals surface area contributed by atoms with Gasteiger partial charge in [0.2, 0.25) is 0 Å². The molecule has 1 aromatic heterocycles. The lowest BCUT2D eigenvalue weighted by molar-refractivity contribution is 0.456. The van der Waals surface area contributed by atoms with Crippen molar-refractivity contribution in [2.45, 2.75) is 38.6 Å². The molecule has 3 rings (SSSR count). The lowest BCUT2D eigenvalue weighted by atomic mass is 9.93. The maximum Gasteiger partial charge on any atom is 0.134 e. The molecule has 2 aromatic rings. The van der Waals surface area contributed by atoms with Crippen LogP contribution in [-0.4, -0.2) is 0 Å². The first-order chi connectivity index (χ1) is 9.28. The molecule has 0 amide bonds. The molecular weight excluding hydrogens is 236 g/mol. The minimum atomic E-state index is 0.00741. The molecule has 0 fully saturated rings. The maximum atomic E-state index is 5.95. The fraction of sp³-hybridized carbons (Fsp3) is 0.375. The Morgan fingerprint density at radius 3 is 2.89 bits per heavy atom. The average Bonchev–Trinajstić information content (AvgIpc) is 2.83. The summed E-state index contributed by atoms with van der Waals surface area (Å²) in [5, 5.41) is 1.15. The molecule has 0 bridgehead atoms. The summed E-state index contributed by atoms with van der Waals surface area (Å²) >= 11 is 0. The molecule has 0 saturated carbocycles. The zero-order valence-corrected chi connectivity index (χ0v) is 11.3. The van der Waals surface area contributed by atoms with Crippen LogP contribution in [0.3, 0.4) is 0 Å². The summed E-state index contributed by atoms with van der Waals surface area (Å²) in [7, 11) is 0. The second-order valence-corrected chi connectivity index (χ2v) is 5.31. The zero-order valence-electron chi connectivity index (χ0n) is 11.3. The summed E-state index contributed by atoms with van der Waals surface area (Å²) in [6, 6.07) is 8.35. The van der Waals surface area contributed by atoms with Gasteiger partial charge in [-0.15, -0.1) is 0 Å². The van der Waals surface area contributed by atoms with E-state index in [-0.39, 0.29) is 6.04 Å². The Morgan fingerprint density at radius 2 is 2.16 bits per heavy atom. The van der Waals surface area contributed by atoms with E-state index >= 15 is 0 Å². The number of aryl methyl sites for hydroxylation is 1. The van der Waals surface area contributed by atoms with Gasteiger partial charge in [0.05, 0.1) is 6.04 Å². The lowest BCUT2D eigenvalue weighted by Gasteiger charge is -2.20. The third kappa shape index (κ3) is 2.44. The zero-order chi connectivity index (χ0) is 13.2. The molecule has 3 heteroatoms. The third-order valence-electron chi connectivity index (χ3n) is 3.84. The van der Waals surface area contributed by atoms with Crippen molar-refractivity contribution in [1.82, 2.24) is 5.43 Å². The van der Waals surface area contributed by atoms with Crippen LogP contribution in [0.4, 0.5) is 0 Å². The Hall–Kier alpha value is -1.58. The monoisotopic (exact) mass is 256 g/mol. The number of hydrazine groups is 1. The van der Waals surface area contributed by atoms with Crippen LogP contribution >= 0.6 is 0 Å². The van der Waals surface area contributed by atoms with E-state index in [1.54, 1.807) is 0 Å². The van der Waals surface area contributed by atoms with Crippen molar-refractivity contribution in [3.63, 3.8) is 0 Å². The highest BCUT2D eigenvalue weighted by molar-refractivity contribution is 5.78. The van der Waals surface area contributed by atoms with Crippen LogP contribution in [0.15, 0.2) is 40.3 Å². The lowest BCUT2D eigenvalue weighted by Crippen LogP contribution is -2.29. The van der Waals surface area contributed by atoms with Gasteiger partial charge in [0.1, 0.15) is 11.3 Å². The van der Waals surface area contributed by atoms with Crippen molar-refractivity contribution in [2.75, 3.05) is 0 Å². The van der Waals surface area contributed by atoms with E-state index in [4.69, 9.17) is 10.3 Å². The van der Waals surface area contributed by atoms with E-state index < -0.39 is 0 Å². The van der Waals surface area contributed by atoms with Crippen LogP contribution in [0, 0.1) is 6.92 Å². The van der Waals surface area contributed by atoms with Crippen LogP contribution in [0.25, 0.3) is 11.0 Å². The molecule has 100 valence electrons. The predicted octanol–water partition coefficient (Wildman–Crippen LogP) is 3.75. The third-order valence-corrected chi connectivity index (χ3v) is 3.84. The first-order valence-electron chi connectivity index (χ1n) is 6.93. The molecule has 0 saturated heterocycles. The number of hydrogen-bond acceptors (Lipinski definition) is 3. The summed E-state index contributed by atoms with van der Waals surface area (Å²) in [6.45, 7) is 2.09. The molecule has 1 unspecified atom stereocenters. The molecule has 1 atom stereocenters.